The molecule has 68 valence electrons. The van der Waals surface area contributed by atoms with E-state index in [4.69, 9.17) is 10.2 Å². The van der Waals surface area contributed by atoms with E-state index in [1.165, 1.54) is 5.56 Å². The van der Waals surface area contributed by atoms with Gasteiger partial charge in [-0.3, -0.25) is 0 Å². The van der Waals surface area contributed by atoms with Gasteiger partial charge in [0.05, 0.1) is 0 Å². The molecule has 12 heavy (non-hydrogen) atoms. The van der Waals surface area contributed by atoms with Crippen LogP contribution in [-0.4, -0.2) is 25.5 Å². The summed E-state index contributed by atoms with van der Waals surface area (Å²) in [7, 11) is 4.11. The van der Waals surface area contributed by atoms with E-state index in [2.05, 4.69) is 19.0 Å². The van der Waals surface area contributed by atoms with Gasteiger partial charge in [-0.05, 0) is 33.0 Å². The largest absolute Gasteiger partial charge is 0.446 e. The second-order valence-corrected chi connectivity index (χ2v) is 3.28. The van der Waals surface area contributed by atoms with Gasteiger partial charge in [0.15, 0.2) is 5.88 Å². The highest BCUT2D eigenvalue weighted by atomic mass is 16.3. The molecule has 0 unspecified atom stereocenters. The number of furan rings is 1. The van der Waals surface area contributed by atoms with E-state index in [0.717, 1.165) is 18.7 Å². The highest BCUT2D eigenvalue weighted by Crippen LogP contribution is 2.16. The second kappa shape index (κ2) is 3.63. The SMILES string of the molecule is Cc1oc(N)cc1CCN(C)C. The van der Waals surface area contributed by atoms with E-state index in [1.54, 1.807) is 0 Å². The number of rotatable bonds is 3. The molecular weight excluding hydrogens is 152 g/mol. The van der Waals surface area contributed by atoms with Crippen molar-refractivity contribution >= 4 is 5.88 Å². The van der Waals surface area contributed by atoms with Crippen LogP contribution in [0.2, 0.25) is 0 Å². The molecule has 0 spiro atoms. The Labute approximate surface area is 73.2 Å². The van der Waals surface area contributed by atoms with Crippen LogP contribution in [0.25, 0.3) is 0 Å². The molecule has 0 bridgehead atoms. The number of hydrogen-bond donors (Lipinski definition) is 1. The van der Waals surface area contributed by atoms with Crippen molar-refractivity contribution in [1.29, 1.82) is 0 Å². The summed E-state index contributed by atoms with van der Waals surface area (Å²) in [5, 5.41) is 0. The lowest BCUT2D eigenvalue weighted by Crippen LogP contribution is -2.15. The maximum absolute atomic E-state index is 5.51. The molecular formula is C9H16N2O. The van der Waals surface area contributed by atoms with Gasteiger partial charge in [0.2, 0.25) is 0 Å². The van der Waals surface area contributed by atoms with Gasteiger partial charge in [-0.1, -0.05) is 0 Å². The smallest absolute Gasteiger partial charge is 0.190 e. The first kappa shape index (κ1) is 9.13. The van der Waals surface area contributed by atoms with Crippen molar-refractivity contribution in [2.24, 2.45) is 0 Å². The summed E-state index contributed by atoms with van der Waals surface area (Å²) in [4.78, 5) is 2.14. The van der Waals surface area contributed by atoms with Gasteiger partial charge in [-0.15, -0.1) is 0 Å². The Bertz CT molecular complexity index is 253. The molecule has 0 saturated heterocycles. The quantitative estimate of drug-likeness (QED) is 0.739. The summed E-state index contributed by atoms with van der Waals surface area (Å²) in [6, 6.07) is 1.90. The van der Waals surface area contributed by atoms with Crippen LogP contribution in [0.15, 0.2) is 10.5 Å². The third-order valence-electron chi connectivity index (χ3n) is 1.87. The van der Waals surface area contributed by atoms with E-state index in [0.29, 0.717) is 5.88 Å². The highest BCUT2D eigenvalue weighted by Gasteiger charge is 2.04. The number of hydrogen-bond acceptors (Lipinski definition) is 3. The first-order valence-electron chi connectivity index (χ1n) is 4.09. The second-order valence-electron chi connectivity index (χ2n) is 3.28. The van der Waals surface area contributed by atoms with Crippen LogP contribution in [0, 0.1) is 6.92 Å². The van der Waals surface area contributed by atoms with E-state index in [1.807, 2.05) is 13.0 Å². The number of nitrogens with zero attached hydrogens (tertiary/aromatic N) is 1. The molecule has 0 atom stereocenters. The fraction of sp³-hybridized carbons (Fsp3) is 0.556. The minimum Gasteiger partial charge on any atom is -0.446 e. The Morgan fingerprint density at radius 2 is 2.17 bits per heavy atom. The van der Waals surface area contributed by atoms with Crippen LogP contribution < -0.4 is 5.73 Å². The Morgan fingerprint density at radius 3 is 2.58 bits per heavy atom. The minimum atomic E-state index is 0.515. The van der Waals surface area contributed by atoms with E-state index >= 15 is 0 Å². The molecule has 0 fully saturated rings. The highest BCUT2D eigenvalue weighted by molar-refractivity contribution is 5.33. The average molecular weight is 168 g/mol. The molecule has 0 aliphatic heterocycles. The predicted octanol–water partition coefficient (Wildman–Crippen LogP) is 1.27. The summed E-state index contributed by atoms with van der Waals surface area (Å²) in [5.74, 6) is 1.45. The van der Waals surface area contributed by atoms with Crippen LogP contribution in [0.5, 0.6) is 0 Å². The Hall–Kier alpha value is -0.960. The van der Waals surface area contributed by atoms with E-state index < -0.39 is 0 Å². The molecule has 3 heteroatoms. The average Bonchev–Trinajstić information content (AvgIpc) is 2.26. The number of nitrogens with two attached hydrogens (primary N) is 1. The molecule has 0 amide bonds. The van der Waals surface area contributed by atoms with Crippen molar-refractivity contribution < 1.29 is 4.42 Å². The predicted molar refractivity (Wildman–Crippen MR) is 50.1 cm³/mol. The molecule has 1 aromatic heterocycles. The maximum atomic E-state index is 5.51. The Kier molecular flexibility index (Phi) is 2.76. The minimum absolute atomic E-state index is 0.515. The molecule has 1 heterocycles. The summed E-state index contributed by atoms with van der Waals surface area (Å²) in [6.07, 6.45) is 1.000. The summed E-state index contributed by atoms with van der Waals surface area (Å²) in [6.45, 7) is 2.97. The summed E-state index contributed by atoms with van der Waals surface area (Å²) in [5.41, 5.74) is 6.71. The molecule has 1 aromatic rings. The zero-order chi connectivity index (χ0) is 9.14. The fourth-order valence-electron chi connectivity index (χ4n) is 1.14. The number of likely N-dealkylation sites (N-methyl/N-ethyl adjacent to an activating group) is 1. The number of aryl methyl sites for hydroxylation is 1. The van der Waals surface area contributed by atoms with Crippen molar-refractivity contribution in [3.63, 3.8) is 0 Å². The third-order valence-corrected chi connectivity index (χ3v) is 1.87. The van der Waals surface area contributed by atoms with Gasteiger partial charge in [-0.25, -0.2) is 0 Å². The summed E-state index contributed by atoms with van der Waals surface area (Å²) < 4.78 is 5.21. The molecule has 3 nitrogen and oxygen atoms in total. The van der Waals surface area contributed by atoms with Gasteiger partial charge < -0.3 is 15.1 Å². The van der Waals surface area contributed by atoms with Crippen molar-refractivity contribution in [3.05, 3.63) is 17.4 Å². The molecule has 0 aliphatic carbocycles. The van der Waals surface area contributed by atoms with Gasteiger partial charge in [0.1, 0.15) is 5.76 Å². The Balaban J connectivity index is 2.57. The number of anilines is 1. The van der Waals surface area contributed by atoms with Gasteiger partial charge >= 0.3 is 0 Å². The molecule has 0 saturated carbocycles. The van der Waals surface area contributed by atoms with Crippen molar-refractivity contribution in [2.75, 3.05) is 26.4 Å². The Morgan fingerprint density at radius 1 is 1.50 bits per heavy atom. The van der Waals surface area contributed by atoms with Crippen LogP contribution in [-0.2, 0) is 6.42 Å². The number of nitrogen functional groups attached to an aromatic ring is 1. The van der Waals surface area contributed by atoms with Crippen molar-refractivity contribution in [2.45, 2.75) is 13.3 Å². The molecule has 1 rings (SSSR count). The van der Waals surface area contributed by atoms with Crippen LogP contribution in [0.3, 0.4) is 0 Å². The summed E-state index contributed by atoms with van der Waals surface area (Å²) >= 11 is 0. The van der Waals surface area contributed by atoms with Crippen molar-refractivity contribution in [1.82, 2.24) is 4.90 Å². The maximum Gasteiger partial charge on any atom is 0.190 e. The normalized spacial score (nSPS) is 11.0. The first-order chi connectivity index (χ1) is 5.59. The van der Waals surface area contributed by atoms with Crippen LogP contribution in [0.4, 0.5) is 5.88 Å². The molecule has 2 N–H and O–H groups in total. The van der Waals surface area contributed by atoms with Crippen molar-refractivity contribution in [3.8, 4) is 0 Å². The van der Waals surface area contributed by atoms with Gasteiger partial charge in [0, 0.05) is 12.6 Å². The van der Waals surface area contributed by atoms with Crippen LogP contribution in [0.1, 0.15) is 11.3 Å². The van der Waals surface area contributed by atoms with E-state index in [-0.39, 0.29) is 0 Å². The molecule has 0 radical (unpaired) electrons. The van der Waals surface area contributed by atoms with Gasteiger partial charge in [-0.2, -0.15) is 0 Å². The van der Waals surface area contributed by atoms with E-state index in [9.17, 15) is 0 Å². The third kappa shape index (κ3) is 2.27. The zero-order valence-electron chi connectivity index (χ0n) is 7.92. The zero-order valence-corrected chi connectivity index (χ0v) is 7.92. The molecule has 0 aromatic carbocycles. The molecule has 0 aliphatic rings. The topological polar surface area (TPSA) is 42.4 Å². The fourth-order valence-corrected chi connectivity index (χ4v) is 1.14. The first-order valence-corrected chi connectivity index (χ1v) is 4.09. The standard InChI is InChI=1S/C9H16N2O/c1-7-8(4-5-11(2)3)6-9(10)12-7/h6H,4-5,10H2,1-3H3. The van der Waals surface area contributed by atoms with Crippen LogP contribution >= 0.6 is 0 Å². The lowest BCUT2D eigenvalue weighted by Gasteiger charge is -2.07. The lowest BCUT2D eigenvalue weighted by atomic mass is 10.2. The monoisotopic (exact) mass is 168 g/mol. The lowest BCUT2D eigenvalue weighted by molar-refractivity contribution is 0.411. The van der Waals surface area contributed by atoms with Gasteiger partial charge in [0.25, 0.3) is 0 Å².